The Balaban J connectivity index is 1.24. The fourth-order valence-electron chi connectivity index (χ4n) is 3.87. The van der Waals surface area contributed by atoms with Gasteiger partial charge in [-0.15, -0.1) is 24.4 Å². The van der Waals surface area contributed by atoms with E-state index in [1.54, 1.807) is 0 Å². The van der Waals surface area contributed by atoms with Gasteiger partial charge in [-0.25, -0.2) is 4.98 Å². The van der Waals surface area contributed by atoms with Crippen molar-refractivity contribution in [2.75, 3.05) is 44.4 Å². The molecule has 1 atom stereocenters. The highest BCUT2D eigenvalue weighted by Gasteiger charge is 2.25. The number of ether oxygens (including phenoxy) is 2. The fourth-order valence-corrected chi connectivity index (χ4v) is 4.98. The maximum atomic E-state index is 5.53. The molecule has 0 bridgehead atoms. The van der Waals surface area contributed by atoms with Gasteiger partial charge in [-0.1, -0.05) is 6.07 Å². The Bertz CT molecular complexity index is 777. The average Bonchev–Trinajstić information content (AvgIpc) is 3.33. The minimum absolute atomic E-state index is 0.330. The summed E-state index contributed by atoms with van der Waals surface area (Å²) in [4.78, 5) is 11.2. The predicted molar refractivity (Wildman–Crippen MR) is 103 cm³/mol. The topological polar surface area (TPSA) is 51.9 Å². The SMILES string of the molecule is CC(c1ccc2c(c1)OCO2)N1CCN(c2nc3c(s2)C[N-]CC3)CC1. The lowest BCUT2D eigenvalue weighted by atomic mass is 10.1. The summed E-state index contributed by atoms with van der Waals surface area (Å²) < 4.78 is 10.9. The van der Waals surface area contributed by atoms with Gasteiger partial charge in [0.15, 0.2) is 16.6 Å². The van der Waals surface area contributed by atoms with Crippen LogP contribution in [0.3, 0.4) is 0 Å². The van der Waals surface area contributed by atoms with E-state index in [-0.39, 0.29) is 0 Å². The normalized spacial score (nSPS) is 20.9. The second-order valence-corrected chi connectivity index (χ2v) is 8.10. The summed E-state index contributed by atoms with van der Waals surface area (Å²) in [6.07, 6.45) is 1.01. The van der Waals surface area contributed by atoms with Crippen LogP contribution in [0.2, 0.25) is 0 Å². The molecule has 6 nitrogen and oxygen atoms in total. The fraction of sp³-hybridized carbons (Fsp3) is 0.526. The lowest BCUT2D eigenvalue weighted by molar-refractivity contribution is 0.173. The van der Waals surface area contributed by atoms with Crippen LogP contribution in [-0.2, 0) is 13.0 Å². The zero-order chi connectivity index (χ0) is 17.5. The molecule has 4 heterocycles. The number of hydrogen-bond donors (Lipinski definition) is 0. The standard InChI is InChI=1S/C19H23N4O2S/c1-13(14-2-3-16-17(10-14)25-12-24-16)22-6-8-23(9-7-22)19-21-15-4-5-20-11-18(15)26-19/h2-3,10,13H,4-9,11-12H2,1H3/q-1. The number of hydrogen-bond acceptors (Lipinski definition) is 6. The molecule has 0 spiro atoms. The number of piperazine rings is 1. The Hall–Kier alpha value is -1.83. The van der Waals surface area contributed by atoms with E-state index < -0.39 is 0 Å². The molecule has 138 valence electrons. The van der Waals surface area contributed by atoms with Crippen molar-refractivity contribution in [2.24, 2.45) is 0 Å². The smallest absolute Gasteiger partial charge is 0.231 e. The molecule has 1 aromatic carbocycles. The maximum absolute atomic E-state index is 5.53. The molecule has 2 aromatic rings. The van der Waals surface area contributed by atoms with Gasteiger partial charge in [-0.2, -0.15) is 0 Å². The van der Waals surface area contributed by atoms with Crippen molar-refractivity contribution < 1.29 is 9.47 Å². The van der Waals surface area contributed by atoms with Gasteiger partial charge < -0.3 is 19.7 Å². The number of anilines is 1. The van der Waals surface area contributed by atoms with Crippen molar-refractivity contribution in [1.82, 2.24) is 9.88 Å². The van der Waals surface area contributed by atoms with E-state index in [9.17, 15) is 0 Å². The van der Waals surface area contributed by atoms with E-state index >= 15 is 0 Å². The van der Waals surface area contributed by atoms with Crippen molar-refractivity contribution in [3.8, 4) is 11.5 Å². The molecular formula is C19H23N4O2S-. The van der Waals surface area contributed by atoms with Gasteiger partial charge in [0, 0.05) is 37.1 Å². The van der Waals surface area contributed by atoms with Crippen molar-refractivity contribution in [3.05, 3.63) is 39.7 Å². The van der Waals surface area contributed by atoms with E-state index in [0.717, 1.165) is 57.2 Å². The Labute approximate surface area is 157 Å². The van der Waals surface area contributed by atoms with Gasteiger partial charge in [-0.3, -0.25) is 4.90 Å². The summed E-state index contributed by atoms with van der Waals surface area (Å²) in [5.41, 5.74) is 2.56. The van der Waals surface area contributed by atoms with Gasteiger partial charge in [0.1, 0.15) is 0 Å². The van der Waals surface area contributed by atoms with Gasteiger partial charge in [0.25, 0.3) is 0 Å². The molecule has 5 rings (SSSR count). The summed E-state index contributed by atoms with van der Waals surface area (Å²) in [6, 6.07) is 6.67. The Morgan fingerprint density at radius 2 is 2.00 bits per heavy atom. The molecular weight excluding hydrogens is 348 g/mol. The van der Waals surface area contributed by atoms with Crippen LogP contribution in [-0.4, -0.2) is 49.4 Å². The van der Waals surface area contributed by atoms with Crippen LogP contribution >= 0.6 is 11.3 Å². The second-order valence-electron chi connectivity index (χ2n) is 7.03. The number of fused-ring (bicyclic) bond motifs is 2. The monoisotopic (exact) mass is 371 g/mol. The minimum Gasteiger partial charge on any atom is -0.657 e. The van der Waals surface area contributed by atoms with E-state index in [4.69, 9.17) is 14.5 Å². The molecule has 1 aromatic heterocycles. The van der Waals surface area contributed by atoms with Gasteiger partial charge in [0.05, 0.1) is 5.69 Å². The first-order valence-corrected chi connectivity index (χ1v) is 10.1. The van der Waals surface area contributed by atoms with Gasteiger partial charge >= 0.3 is 0 Å². The van der Waals surface area contributed by atoms with Crippen molar-refractivity contribution in [1.29, 1.82) is 0 Å². The van der Waals surface area contributed by atoms with Gasteiger partial charge in [-0.05, 0) is 31.0 Å². The molecule has 0 N–H and O–H groups in total. The molecule has 0 radical (unpaired) electrons. The summed E-state index contributed by atoms with van der Waals surface area (Å²) in [6.45, 7) is 8.53. The van der Waals surface area contributed by atoms with E-state index in [1.807, 2.05) is 17.4 Å². The quantitative estimate of drug-likeness (QED) is 0.829. The molecule has 7 heteroatoms. The summed E-state index contributed by atoms with van der Waals surface area (Å²) in [7, 11) is 0. The molecule has 0 amide bonds. The number of rotatable bonds is 3. The second kappa shape index (κ2) is 6.72. The van der Waals surface area contributed by atoms with E-state index in [0.29, 0.717) is 12.8 Å². The van der Waals surface area contributed by atoms with E-state index in [1.165, 1.54) is 21.3 Å². The Morgan fingerprint density at radius 1 is 1.15 bits per heavy atom. The summed E-state index contributed by atoms with van der Waals surface area (Å²) in [5, 5.41) is 5.68. The van der Waals surface area contributed by atoms with Crippen LogP contribution < -0.4 is 14.4 Å². The van der Waals surface area contributed by atoms with Crippen LogP contribution in [0, 0.1) is 0 Å². The van der Waals surface area contributed by atoms with Crippen LogP contribution in [0.25, 0.3) is 5.32 Å². The molecule has 3 aliphatic heterocycles. The highest BCUT2D eigenvalue weighted by Crippen LogP contribution is 2.36. The maximum Gasteiger partial charge on any atom is 0.231 e. The minimum atomic E-state index is 0.330. The lowest BCUT2D eigenvalue weighted by Gasteiger charge is -2.38. The molecule has 1 fully saturated rings. The molecule has 1 unspecified atom stereocenters. The molecule has 0 aliphatic carbocycles. The van der Waals surface area contributed by atoms with E-state index in [2.05, 4.69) is 34.2 Å². The highest BCUT2D eigenvalue weighted by atomic mass is 32.1. The molecule has 3 aliphatic rings. The van der Waals surface area contributed by atoms with Crippen molar-refractivity contribution >= 4 is 16.5 Å². The number of aromatic nitrogens is 1. The number of benzene rings is 1. The lowest BCUT2D eigenvalue weighted by Crippen LogP contribution is -2.47. The summed E-state index contributed by atoms with van der Waals surface area (Å²) in [5.74, 6) is 1.72. The van der Waals surface area contributed by atoms with Crippen molar-refractivity contribution in [3.63, 3.8) is 0 Å². The highest BCUT2D eigenvalue weighted by molar-refractivity contribution is 7.15. The third-order valence-electron chi connectivity index (χ3n) is 5.54. The van der Waals surface area contributed by atoms with Gasteiger partial charge in [0.2, 0.25) is 6.79 Å². The first-order valence-electron chi connectivity index (χ1n) is 9.28. The number of nitrogens with zero attached hydrogens (tertiary/aromatic N) is 4. The first kappa shape index (κ1) is 16.4. The Morgan fingerprint density at radius 3 is 2.85 bits per heavy atom. The Kier molecular flexibility index (Phi) is 4.23. The van der Waals surface area contributed by atoms with Crippen molar-refractivity contribution in [2.45, 2.75) is 25.9 Å². The van der Waals surface area contributed by atoms with Crippen LogP contribution in [0.15, 0.2) is 18.2 Å². The summed E-state index contributed by atoms with van der Waals surface area (Å²) >= 11 is 1.83. The third-order valence-corrected chi connectivity index (χ3v) is 6.68. The largest absolute Gasteiger partial charge is 0.657 e. The number of thiazole rings is 1. The van der Waals surface area contributed by atoms with Crippen LogP contribution in [0.4, 0.5) is 5.13 Å². The predicted octanol–water partition coefficient (Wildman–Crippen LogP) is 3.18. The first-order chi connectivity index (χ1) is 12.8. The molecule has 26 heavy (non-hydrogen) atoms. The third kappa shape index (κ3) is 2.94. The average molecular weight is 371 g/mol. The zero-order valence-corrected chi connectivity index (χ0v) is 15.8. The zero-order valence-electron chi connectivity index (χ0n) is 15.0. The molecule has 0 saturated carbocycles. The van der Waals surface area contributed by atoms with Crippen LogP contribution in [0.5, 0.6) is 11.5 Å². The molecule has 1 saturated heterocycles. The van der Waals surface area contributed by atoms with Crippen LogP contribution in [0.1, 0.15) is 29.1 Å².